The molecule has 3 aromatic rings. The third-order valence-electron chi connectivity index (χ3n) is 6.72. The summed E-state index contributed by atoms with van der Waals surface area (Å²) in [5.41, 5.74) is 2.49. The summed E-state index contributed by atoms with van der Waals surface area (Å²) in [6, 6.07) is 5.03. The zero-order chi connectivity index (χ0) is 19.3. The quantitative estimate of drug-likeness (QED) is 0.757. The van der Waals surface area contributed by atoms with Crippen molar-refractivity contribution in [3.05, 3.63) is 31.0 Å². The van der Waals surface area contributed by atoms with Gasteiger partial charge in [0.15, 0.2) is 0 Å². The van der Waals surface area contributed by atoms with Crippen molar-refractivity contribution in [3.8, 4) is 17.3 Å². The number of hydrogen-bond donors (Lipinski definition) is 1. The van der Waals surface area contributed by atoms with E-state index in [9.17, 15) is 5.26 Å². The SMILES string of the molecule is CC(C)N1C[C@@H]2CC(CC#N)(n3cc(-c4ncnc5[nH]ccc45)cn3)C[C@@H]2C1. The average Bonchev–Trinajstić information content (AvgIpc) is 3.43. The van der Waals surface area contributed by atoms with E-state index in [0.717, 1.165) is 48.2 Å². The van der Waals surface area contributed by atoms with E-state index in [1.807, 2.05) is 18.5 Å². The summed E-state index contributed by atoms with van der Waals surface area (Å²) in [5, 5.41) is 15.3. The van der Waals surface area contributed by atoms with Gasteiger partial charge < -0.3 is 9.88 Å². The minimum absolute atomic E-state index is 0.199. The molecule has 1 aliphatic heterocycles. The van der Waals surface area contributed by atoms with Crippen LogP contribution in [0, 0.1) is 23.2 Å². The first kappa shape index (κ1) is 17.4. The molecule has 3 atom stereocenters. The summed E-state index contributed by atoms with van der Waals surface area (Å²) in [5.74, 6) is 1.30. The highest BCUT2D eigenvalue weighted by Crippen LogP contribution is 2.50. The van der Waals surface area contributed by atoms with Crippen LogP contribution in [0.4, 0.5) is 0 Å². The Morgan fingerprint density at radius 1 is 1.29 bits per heavy atom. The molecule has 144 valence electrons. The lowest BCUT2D eigenvalue weighted by Gasteiger charge is -2.30. The van der Waals surface area contributed by atoms with Gasteiger partial charge >= 0.3 is 0 Å². The van der Waals surface area contributed by atoms with Crippen molar-refractivity contribution in [3.63, 3.8) is 0 Å². The van der Waals surface area contributed by atoms with Crippen molar-refractivity contribution < 1.29 is 0 Å². The van der Waals surface area contributed by atoms with Crippen LogP contribution in [0.3, 0.4) is 0 Å². The zero-order valence-corrected chi connectivity index (χ0v) is 16.3. The van der Waals surface area contributed by atoms with Gasteiger partial charge in [0, 0.05) is 42.5 Å². The standard InChI is InChI=1S/C21H25N7/c1-14(2)27-10-15-7-21(4-5-22,8-16(15)11-27)28-12-17(9-26-28)19-18-3-6-23-20(18)25-13-24-19/h3,6,9,12-16H,4,7-8,10-11H2,1-2H3,(H,23,24,25)/t15-,16+,21?. The summed E-state index contributed by atoms with van der Waals surface area (Å²) in [6.45, 7) is 6.82. The first-order valence-electron chi connectivity index (χ1n) is 10.0. The van der Waals surface area contributed by atoms with Crippen LogP contribution in [-0.2, 0) is 5.54 Å². The smallest absolute Gasteiger partial charge is 0.141 e. The molecule has 3 aromatic heterocycles. The minimum Gasteiger partial charge on any atom is -0.346 e. The summed E-state index contributed by atoms with van der Waals surface area (Å²) >= 11 is 0. The lowest BCUT2D eigenvalue weighted by Crippen LogP contribution is -2.35. The normalized spacial score (nSPS) is 27.5. The Labute approximate surface area is 164 Å². The topological polar surface area (TPSA) is 86.4 Å². The van der Waals surface area contributed by atoms with Crippen molar-refractivity contribution in [1.82, 2.24) is 29.6 Å². The number of nitrogens with one attached hydrogen (secondary N) is 1. The van der Waals surface area contributed by atoms with Crippen molar-refractivity contribution in [2.45, 2.75) is 44.7 Å². The summed E-state index contributed by atoms with van der Waals surface area (Å²) in [7, 11) is 0. The Morgan fingerprint density at radius 3 is 2.79 bits per heavy atom. The third kappa shape index (κ3) is 2.63. The molecule has 0 spiro atoms. The van der Waals surface area contributed by atoms with Crippen LogP contribution in [0.25, 0.3) is 22.3 Å². The molecule has 5 rings (SSSR count). The maximum atomic E-state index is 9.57. The molecular formula is C21H25N7. The molecule has 1 aliphatic carbocycles. The maximum Gasteiger partial charge on any atom is 0.141 e. The van der Waals surface area contributed by atoms with Gasteiger partial charge in [-0.1, -0.05) is 0 Å². The van der Waals surface area contributed by atoms with Crippen molar-refractivity contribution >= 4 is 11.0 Å². The highest BCUT2D eigenvalue weighted by Gasteiger charge is 2.50. The molecule has 0 radical (unpaired) electrons. The molecule has 2 fully saturated rings. The van der Waals surface area contributed by atoms with Gasteiger partial charge in [0.1, 0.15) is 12.0 Å². The summed E-state index contributed by atoms with van der Waals surface area (Å²) in [4.78, 5) is 14.5. The average molecular weight is 375 g/mol. The molecule has 2 aliphatic rings. The molecule has 1 saturated carbocycles. The van der Waals surface area contributed by atoms with E-state index < -0.39 is 0 Å². The van der Waals surface area contributed by atoms with Crippen LogP contribution in [0.1, 0.15) is 33.1 Å². The fourth-order valence-corrected chi connectivity index (χ4v) is 5.29. The van der Waals surface area contributed by atoms with Crippen molar-refractivity contribution in [2.75, 3.05) is 13.1 Å². The number of rotatable bonds is 4. The van der Waals surface area contributed by atoms with Gasteiger partial charge in [0.2, 0.25) is 0 Å². The number of nitrogens with zero attached hydrogens (tertiary/aromatic N) is 6. The second-order valence-electron chi connectivity index (χ2n) is 8.67. The van der Waals surface area contributed by atoms with E-state index in [4.69, 9.17) is 5.10 Å². The number of hydrogen-bond acceptors (Lipinski definition) is 5. The van der Waals surface area contributed by atoms with E-state index in [0.29, 0.717) is 24.3 Å². The van der Waals surface area contributed by atoms with Crippen LogP contribution < -0.4 is 0 Å². The molecule has 7 heteroatoms. The maximum absolute atomic E-state index is 9.57. The van der Waals surface area contributed by atoms with Gasteiger partial charge in [-0.15, -0.1) is 0 Å². The van der Waals surface area contributed by atoms with Gasteiger partial charge in [-0.3, -0.25) is 4.68 Å². The molecule has 1 unspecified atom stereocenters. The van der Waals surface area contributed by atoms with Crippen LogP contribution in [-0.4, -0.2) is 48.8 Å². The Kier molecular flexibility index (Phi) is 3.98. The first-order chi connectivity index (χ1) is 13.6. The van der Waals surface area contributed by atoms with Gasteiger partial charge in [-0.2, -0.15) is 10.4 Å². The summed E-state index contributed by atoms with van der Waals surface area (Å²) < 4.78 is 2.06. The molecule has 1 saturated heterocycles. The fourth-order valence-electron chi connectivity index (χ4n) is 5.29. The molecular weight excluding hydrogens is 350 g/mol. The largest absolute Gasteiger partial charge is 0.346 e. The van der Waals surface area contributed by atoms with Crippen LogP contribution in [0.2, 0.25) is 0 Å². The molecule has 0 bridgehead atoms. The monoisotopic (exact) mass is 375 g/mol. The fraction of sp³-hybridized carbons (Fsp3) is 0.524. The first-order valence-corrected chi connectivity index (χ1v) is 10.0. The Morgan fingerprint density at radius 2 is 2.07 bits per heavy atom. The highest BCUT2D eigenvalue weighted by atomic mass is 15.3. The predicted octanol–water partition coefficient (Wildman–Crippen LogP) is 3.18. The second-order valence-corrected chi connectivity index (χ2v) is 8.67. The van der Waals surface area contributed by atoms with Crippen LogP contribution >= 0.6 is 0 Å². The molecule has 1 N–H and O–H groups in total. The van der Waals surface area contributed by atoms with Gasteiger partial charge in [0.25, 0.3) is 0 Å². The van der Waals surface area contributed by atoms with Gasteiger partial charge in [-0.05, 0) is 44.6 Å². The van der Waals surface area contributed by atoms with Crippen molar-refractivity contribution in [1.29, 1.82) is 5.26 Å². The zero-order valence-electron chi connectivity index (χ0n) is 16.3. The lowest BCUT2D eigenvalue weighted by molar-refractivity contribution is 0.199. The number of aromatic amines is 1. The van der Waals surface area contributed by atoms with Gasteiger partial charge in [0.05, 0.1) is 29.9 Å². The van der Waals surface area contributed by atoms with E-state index in [2.05, 4.69) is 50.6 Å². The Bertz CT molecular complexity index is 1030. The van der Waals surface area contributed by atoms with Crippen LogP contribution in [0.15, 0.2) is 31.0 Å². The number of fused-ring (bicyclic) bond motifs is 2. The predicted molar refractivity (Wildman–Crippen MR) is 106 cm³/mol. The van der Waals surface area contributed by atoms with E-state index in [-0.39, 0.29) is 5.54 Å². The lowest BCUT2D eigenvalue weighted by atomic mass is 9.92. The Hall–Kier alpha value is -2.72. The van der Waals surface area contributed by atoms with Gasteiger partial charge in [-0.25, -0.2) is 9.97 Å². The van der Waals surface area contributed by atoms with E-state index in [1.165, 1.54) is 0 Å². The molecule has 0 amide bonds. The number of likely N-dealkylation sites (tertiary alicyclic amines) is 1. The molecule has 7 nitrogen and oxygen atoms in total. The minimum atomic E-state index is -0.199. The number of aromatic nitrogens is 5. The van der Waals surface area contributed by atoms with Crippen molar-refractivity contribution in [2.24, 2.45) is 11.8 Å². The number of nitriles is 1. The molecule has 0 aromatic carbocycles. The second kappa shape index (κ2) is 6.42. The third-order valence-corrected chi connectivity index (χ3v) is 6.72. The van der Waals surface area contributed by atoms with E-state index >= 15 is 0 Å². The molecule has 28 heavy (non-hydrogen) atoms. The molecule has 4 heterocycles. The van der Waals surface area contributed by atoms with Crippen LogP contribution in [0.5, 0.6) is 0 Å². The summed E-state index contributed by atoms with van der Waals surface area (Å²) in [6.07, 6.45) is 9.97. The highest BCUT2D eigenvalue weighted by molar-refractivity contribution is 5.89. The number of H-pyrrole nitrogens is 1. The Balaban J connectivity index is 1.47. The van der Waals surface area contributed by atoms with E-state index in [1.54, 1.807) is 6.33 Å².